The molecule has 258 valence electrons. The van der Waals surface area contributed by atoms with Crippen LogP contribution in [0.1, 0.15) is 25.0 Å². The number of urea groups is 1. The van der Waals surface area contributed by atoms with Crippen LogP contribution in [0.25, 0.3) is 21.9 Å². The number of fused-ring (bicyclic) bond motifs is 1. The van der Waals surface area contributed by atoms with E-state index < -0.39 is 30.1 Å². The molecule has 0 fully saturated rings. The van der Waals surface area contributed by atoms with E-state index >= 15 is 0 Å². The number of ether oxygens (including phenoxy) is 3. The number of carbonyl (C=O) groups is 3. The monoisotopic (exact) mass is 674 g/mol. The van der Waals surface area contributed by atoms with Crippen LogP contribution in [0.5, 0.6) is 11.5 Å². The van der Waals surface area contributed by atoms with E-state index in [1.807, 2.05) is 68.4 Å². The van der Waals surface area contributed by atoms with Gasteiger partial charge in [0.2, 0.25) is 0 Å². The topological polar surface area (TPSA) is 114 Å². The summed E-state index contributed by atoms with van der Waals surface area (Å²) in [5.41, 5.74) is 3.62. The molecule has 1 unspecified atom stereocenters. The Labute approximate surface area is 292 Å². The van der Waals surface area contributed by atoms with E-state index in [-0.39, 0.29) is 37.8 Å². The summed E-state index contributed by atoms with van der Waals surface area (Å²) in [6, 6.07) is 36.3. The maximum atomic E-state index is 13.8. The largest absolute Gasteiger partial charge is 0.493 e. The van der Waals surface area contributed by atoms with Crippen molar-refractivity contribution in [2.24, 2.45) is 5.92 Å². The van der Waals surface area contributed by atoms with E-state index in [1.54, 1.807) is 36.4 Å². The van der Waals surface area contributed by atoms with Gasteiger partial charge in [0, 0.05) is 13.0 Å². The van der Waals surface area contributed by atoms with Crippen molar-refractivity contribution in [1.29, 1.82) is 0 Å². The first-order chi connectivity index (χ1) is 24.2. The number of rotatable bonds is 14. The quantitative estimate of drug-likeness (QED) is 0.0984. The number of benzene rings is 5. The zero-order valence-electron chi connectivity index (χ0n) is 28.5. The van der Waals surface area contributed by atoms with Gasteiger partial charge < -0.3 is 29.5 Å². The number of methoxy groups -OCH3 is 1. The number of nitrogens with one attached hydrogen (secondary N) is 1. The summed E-state index contributed by atoms with van der Waals surface area (Å²) in [6.07, 6.45) is -1.47. The number of nitrogens with zero attached hydrogens (tertiary/aromatic N) is 1. The molecule has 0 aliphatic carbocycles. The fourth-order valence-electron chi connectivity index (χ4n) is 5.54. The minimum atomic E-state index is -1.59. The first-order valence-corrected chi connectivity index (χ1v) is 16.6. The molecular formula is C41H42N2O7. The van der Waals surface area contributed by atoms with Gasteiger partial charge in [-0.2, -0.15) is 0 Å². The fraction of sp³-hybridized carbons (Fsp3) is 0.244. The summed E-state index contributed by atoms with van der Waals surface area (Å²) in [7, 11) is 1.48. The number of hydrogen-bond donors (Lipinski definition) is 2. The molecule has 0 saturated carbocycles. The van der Waals surface area contributed by atoms with Gasteiger partial charge in [-0.05, 0) is 57.1 Å². The van der Waals surface area contributed by atoms with E-state index in [0.717, 1.165) is 33.0 Å². The van der Waals surface area contributed by atoms with Gasteiger partial charge in [0.05, 0.1) is 13.7 Å². The number of aliphatic hydroxyl groups is 1. The Balaban J connectivity index is 1.33. The molecule has 0 bridgehead atoms. The molecule has 9 heteroatoms. The van der Waals surface area contributed by atoms with E-state index in [4.69, 9.17) is 14.2 Å². The Morgan fingerprint density at radius 1 is 0.700 bits per heavy atom. The summed E-state index contributed by atoms with van der Waals surface area (Å²) in [4.78, 5) is 41.4. The third-order valence-corrected chi connectivity index (χ3v) is 8.10. The minimum absolute atomic E-state index is 0.00470. The van der Waals surface area contributed by atoms with Gasteiger partial charge in [-0.3, -0.25) is 0 Å². The maximum Gasteiger partial charge on any atom is 0.337 e. The number of para-hydroxylation sites is 2. The number of amides is 2. The van der Waals surface area contributed by atoms with Crippen LogP contribution in [-0.2, 0) is 27.4 Å². The van der Waals surface area contributed by atoms with Crippen molar-refractivity contribution in [3.63, 3.8) is 0 Å². The van der Waals surface area contributed by atoms with Crippen molar-refractivity contribution in [2.75, 3.05) is 20.2 Å². The van der Waals surface area contributed by atoms with Crippen LogP contribution in [0.4, 0.5) is 4.79 Å². The van der Waals surface area contributed by atoms with Crippen LogP contribution in [0.15, 0.2) is 121 Å². The first-order valence-electron chi connectivity index (χ1n) is 16.6. The standard InChI is InChI=1S/C41H42N2O7/c1-28(2)25-43(26-36(44)40(46)49-27-30-11-5-4-6-12-30)41(47)42-35(39(45)50-38-16-10-9-15-37(38)48-3)23-29-17-19-32(20-18-29)34-22-21-31-13-7-8-14-33(31)24-34/h4-22,24,28,35-36,44H,23,25-27H2,1-3H3,(H,42,47)/t35-,36?/m0/s1. The smallest absolute Gasteiger partial charge is 0.337 e. The van der Waals surface area contributed by atoms with Crippen molar-refractivity contribution in [2.45, 2.75) is 39.0 Å². The molecule has 2 atom stereocenters. The second-order valence-electron chi connectivity index (χ2n) is 12.4. The van der Waals surface area contributed by atoms with Gasteiger partial charge in [0.15, 0.2) is 17.6 Å². The SMILES string of the molecule is COc1ccccc1OC(=O)[C@H](Cc1ccc(-c2ccc3ccccc3c2)cc1)NC(=O)N(CC(C)C)CC(O)C(=O)OCc1ccccc1. The molecule has 5 aromatic carbocycles. The van der Waals surface area contributed by atoms with E-state index in [9.17, 15) is 19.5 Å². The summed E-state index contributed by atoms with van der Waals surface area (Å²) >= 11 is 0. The molecule has 0 heterocycles. The molecule has 0 aliphatic rings. The Morgan fingerprint density at radius 3 is 2.04 bits per heavy atom. The Hall–Kier alpha value is -5.67. The van der Waals surface area contributed by atoms with E-state index in [0.29, 0.717) is 5.75 Å². The molecule has 50 heavy (non-hydrogen) atoms. The van der Waals surface area contributed by atoms with Crippen molar-refractivity contribution >= 4 is 28.7 Å². The van der Waals surface area contributed by atoms with Crippen LogP contribution < -0.4 is 14.8 Å². The van der Waals surface area contributed by atoms with Crippen LogP contribution in [-0.4, -0.2) is 60.3 Å². The molecule has 0 spiro atoms. The first kappa shape index (κ1) is 35.6. The predicted octanol–water partition coefficient (Wildman–Crippen LogP) is 6.80. The van der Waals surface area contributed by atoms with Crippen molar-refractivity contribution < 1.29 is 33.7 Å². The van der Waals surface area contributed by atoms with Crippen LogP contribution in [0, 0.1) is 5.92 Å². The molecule has 0 aromatic heterocycles. The van der Waals surface area contributed by atoms with Crippen LogP contribution >= 0.6 is 0 Å². The highest BCUT2D eigenvalue weighted by Gasteiger charge is 2.30. The Morgan fingerprint density at radius 2 is 1.34 bits per heavy atom. The van der Waals surface area contributed by atoms with Crippen LogP contribution in [0.2, 0.25) is 0 Å². The average molecular weight is 675 g/mol. The van der Waals surface area contributed by atoms with Gasteiger partial charge in [-0.1, -0.05) is 117 Å². The second-order valence-corrected chi connectivity index (χ2v) is 12.4. The third-order valence-electron chi connectivity index (χ3n) is 8.10. The lowest BCUT2D eigenvalue weighted by Gasteiger charge is -2.28. The zero-order chi connectivity index (χ0) is 35.5. The highest BCUT2D eigenvalue weighted by molar-refractivity contribution is 5.88. The molecule has 5 aromatic rings. The normalized spacial score (nSPS) is 12.2. The lowest BCUT2D eigenvalue weighted by molar-refractivity contribution is -0.155. The number of aliphatic hydroxyl groups excluding tert-OH is 1. The molecule has 0 aliphatic heterocycles. The van der Waals surface area contributed by atoms with Crippen LogP contribution in [0.3, 0.4) is 0 Å². The highest BCUT2D eigenvalue weighted by atomic mass is 16.6. The fourth-order valence-corrected chi connectivity index (χ4v) is 5.54. The molecule has 2 amide bonds. The lowest BCUT2D eigenvalue weighted by Crippen LogP contribution is -2.53. The number of hydrogen-bond acceptors (Lipinski definition) is 7. The van der Waals surface area contributed by atoms with Crippen molar-refractivity contribution in [3.05, 3.63) is 132 Å². The molecule has 2 N–H and O–H groups in total. The third kappa shape index (κ3) is 9.70. The summed E-state index contributed by atoms with van der Waals surface area (Å²) in [5.74, 6) is -0.983. The second kappa shape index (κ2) is 17.1. The predicted molar refractivity (Wildman–Crippen MR) is 193 cm³/mol. The van der Waals surface area contributed by atoms with Gasteiger partial charge in [-0.25, -0.2) is 14.4 Å². The summed E-state index contributed by atoms with van der Waals surface area (Å²) < 4.78 is 16.4. The highest BCUT2D eigenvalue weighted by Crippen LogP contribution is 2.27. The van der Waals surface area contributed by atoms with Gasteiger partial charge in [0.25, 0.3) is 0 Å². The Bertz CT molecular complexity index is 1890. The van der Waals surface area contributed by atoms with E-state index in [1.165, 1.54) is 12.0 Å². The van der Waals surface area contributed by atoms with Gasteiger partial charge >= 0.3 is 18.0 Å². The molecule has 9 nitrogen and oxygen atoms in total. The van der Waals surface area contributed by atoms with Gasteiger partial charge in [0.1, 0.15) is 12.6 Å². The van der Waals surface area contributed by atoms with Gasteiger partial charge in [-0.15, -0.1) is 0 Å². The number of esters is 2. The number of carbonyl (C=O) groups excluding carboxylic acids is 3. The zero-order valence-corrected chi connectivity index (χ0v) is 28.5. The van der Waals surface area contributed by atoms with E-state index in [2.05, 4.69) is 35.6 Å². The molecule has 5 rings (SSSR count). The average Bonchev–Trinajstić information content (AvgIpc) is 3.13. The maximum absolute atomic E-state index is 13.8. The lowest BCUT2D eigenvalue weighted by atomic mass is 9.98. The minimum Gasteiger partial charge on any atom is -0.493 e. The molecular weight excluding hydrogens is 632 g/mol. The molecule has 0 saturated heterocycles. The summed E-state index contributed by atoms with van der Waals surface area (Å²) in [6.45, 7) is 3.69. The van der Waals surface area contributed by atoms with Crippen molar-refractivity contribution in [1.82, 2.24) is 10.2 Å². The molecule has 0 radical (unpaired) electrons. The Kier molecular flexibility index (Phi) is 12.2. The summed E-state index contributed by atoms with van der Waals surface area (Å²) in [5, 5.41) is 15.8. The van der Waals surface area contributed by atoms with Crippen molar-refractivity contribution in [3.8, 4) is 22.6 Å².